The molecule has 2 atom stereocenters. The van der Waals surface area contributed by atoms with Crippen molar-refractivity contribution >= 4 is 5.97 Å². The Balaban J connectivity index is 1.83. The van der Waals surface area contributed by atoms with E-state index in [2.05, 4.69) is 0 Å². The first-order chi connectivity index (χ1) is 9.60. The van der Waals surface area contributed by atoms with Gasteiger partial charge in [-0.3, -0.25) is 9.69 Å². The summed E-state index contributed by atoms with van der Waals surface area (Å²) in [4.78, 5) is 12.7. The van der Waals surface area contributed by atoms with Gasteiger partial charge in [0.15, 0.2) is 0 Å². The Morgan fingerprint density at radius 2 is 2.15 bits per heavy atom. The van der Waals surface area contributed by atoms with E-state index in [4.69, 9.17) is 15.1 Å². The van der Waals surface area contributed by atoms with Crippen molar-refractivity contribution in [1.29, 1.82) is 5.26 Å². The second-order valence-electron chi connectivity index (χ2n) is 4.72. The van der Waals surface area contributed by atoms with Gasteiger partial charge in [0.1, 0.15) is 18.4 Å². The third kappa shape index (κ3) is 3.47. The summed E-state index contributed by atoms with van der Waals surface area (Å²) in [7, 11) is 0. The zero-order valence-electron chi connectivity index (χ0n) is 10.9. The van der Waals surface area contributed by atoms with E-state index in [1.54, 1.807) is 29.2 Å². The van der Waals surface area contributed by atoms with Crippen molar-refractivity contribution in [2.24, 2.45) is 0 Å². The number of benzene rings is 1. The second-order valence-corrected chi connectivity index (χ2v) is 4.72. The van der Waals surface area contributed by atoms with Crippen LogP contribution in [0.25, 0.3) is 0 Å². The quantitative estimate of drug-likeness (QED) is 0.811. The molecule has 0 spiro atoms. The Morgan fingerprint density at radius 3 is 2.75 bits per heavy atom. The molecule has 1 heterocycles. The van der Waals surface area contributed by atoms with Crippen LogP contribution in [0.3, 0.4) is 0 Å². The number of hydrogen-bond donors (Lipinski definition) is 2. The molecule has 0 aliphatic carbocycles. The maximum atomic E-state index is 11.0. The molecule has 6 nitrogen and oxygen atoms in total. The van der Waals surface area contributed by atoms with Crippen LogP contribution in [0, 0.1) is 11.3 Å². The number of β-amino-alcohol motifs (C(OH)–C–C–N with tert-alkyl or cyclic N) is 1. The van der Waals surface area contributed by atoms with Crippen LogP contribution in [0.2, 0.25) is 0 Å². The van der Waals surface area contributed by atoms with E-state index in [0.717, 1.165) is 0 Å². The number of nitriles is 1. The minimum absolute atomic E-state index is 0.256. The van der Waals surface area contributed by atoms with Gasteiger partial charge < -0.3 is 14.9 Å². The lowest BCUT2D eigenvalue weighted by Crippen LogP contribution is -2.38. The van der Waals surface area contributed by atoms with Crippen molar-refractivity contribution < 1.29 is 19.7 Å². The topological polar surface area (TPSA) is 93.8 Å². The van der Waals surface area contributed by atoms with Gasteiger partial charge in [-0.05, 0) is 24.3 Å². The van der Waals surface area contributed by atoms with Crippen LogP contribution in [-0.2, 0) is 4.79 Å². The number of carboxylic acid groups (broad SMARTS) is 1. The number of aliphatic hydroxyl groups excluding tert-OH is 1. The number of nitrogens with zero attached hydrogens (tertiary/aromatic N) is 2. The molecule has 1 aliphatic rings. The predicted octanol–water partition coefficient (Wildman–Crippen LogP) is 0.457. The first-order valence-corrected chi connectivity index (χ1v) is 6.38. The molecule has 6 heteroatoms. The van der Waals surface area contributed by atoms with Gasteiger partial charge in [0, 0.05) is 19.5 Å². The maximum Gasteiger partial charge on any atom is 0.321 e. The number of aliphatic hydroxyl groups is 1. The third-order valence-electron chi connectivity index (χ3n) is 3.30. The monoisotopic (exact) mass is 276 g/mol. The zero-order valence-corrected chi connectivity index (χ0v) is 10.9. The van der Waals surface area contributed by atoms with Crippen molar-refractivity contribution in [3.05, 3.63) is 29.8 Å². The minimum Gasteiger partial charge on any atom is -0.492 e. The summed E-state index contributed by atoms with van der Waals surface area (Å²) in [6.07, 6.45) is -0.336. The van der Waals surface area contributed by atoms with Crippen molar-refractivity contribution in [3.63, 3.8) is 0 Å². The van der Waals surface area contributed by atoms with Crippen molar-refractivity contribution in [2.45, 2.75) is 18.6 Å². The average molecular weight is 276 g/mol. The Morgan fingerprint density at radius 1 is 1.45 bits per heavy atom. The number of hydrogen-bond acceptors (Lipinski definition) is 5. The molecule has 2 rings (SSSR count). The third-order valence-corrected chi connectivity index (χ3v) is 3.30. The predicted molar refractivity (Wildman–Crippen MR) is 70.3 cm³/mol. The van der Waals surface area contributed by atoms with Gasteiger partial charge in [-0.2, -0.15) is 5.26 Å². The molecule has 0 aromatic heterocycles. The van der Waals surface area contributed by atoms with E-state index < -0.39 is 18.1 Å². The molecule has 1 aromatic rings. The summed E-state index contributed by atoms with van der Waals surface area (Å²) >= 11 is 0. The molecule has 106 valence electrons. The molecule has 20 heavy (non-hydrogen) atoms. The van der Waals surface area contributed by atoms with Gasteiger partial charge in [0.25, 0.3) is 0 Å². The van der Waals surface area contributed by atoms with Gasteiger partial charge in [-0.25, -0.2) is 0 Å². The van der Waals surface area contributed by atoms with Crippen LogP contribution in [-0.4, -0.2) is 52.9 Å². The molecule has 2 N–H and O–H groups in total. The fraction of sp³-hybridized carbons (Fsp3) is 0.429. The molecule has 0 radical (unpaired) electrons. The number of carboxylic acids is 1. The number of aliphatic carboxylic acids is 1. The molecule has 0 bridgehead atoms. The molecule has 1 fully saturated rings. The highest BCUT2D eigenvalue weighted by molar-refractivity contribution is 5.74. The number of ether oxygens (including phenoxy) is 1. The van der Waals surface area contributed by atoms with E-state index in [0.29, 0.717) is 31.0 Å². The van der Waals surface area contributed by atoms with Crippen LogP contribution >= 0.6 is 0 Å². The Bertz CT molecular complexity index is 509. The van der Waals surface area contributed by atoms with E-state index in [1.165, 1.54) is 0 Å². The van der Waals surface area contributed by atoms with E-state index in [1.807, 2.05) is 6.07 Å². The van der Waals surface area contributed by atoms with Crippen LogP contribution in [0.4, 0.5) is 0 Å². The van der Waals surface area contributed by atoms with Gasteiger partial charge >= 0.3 is 5.97 Å². The highest BCUT2D eigenvalue weighted by Gasteiger charge is 2.35. The molecule has 1 aliphatic heterocycles. The molecule has 0 amide bonds. The van der Waals surface area contributed by atoms with Crippen LogP contribution in [0.5, 0.6) is 5.75 Å². The summed E-state index contributed by atoms with van der Waals surface area (Å²) in [6.45, 7) is 1.13. The number of rotatable bonds is 5. The average Bonchev–Trinajstić information content (AvgIpc) is 2.81. The van der Waals surface area contributed by atoms with Crippen LogP contribution in [0.1, 0.15) is 12.0 Å². The lowest BCUT2D eigenvalue weighted by Gasteiger charge is -2.20. The summed E-state index contributed by atoms with van der Waals surface area (Å²) in [5, 5.41) is 27.2. The van der Waals surface area contributed by atoms with E-state index in [-0.39, 0.29) is 6.42 Å². The molecule has 2 unspecified atom stereocenters. The standard InChI is InChI=1S/C14H16N2O4/c15-8-10-1-3-12(4-2-10)20-6-5-16-9-11(17)7-13(16)14(18)19/h1-4,11,13,17H,5-7,9H2,(H,18,19). The zero-order chi connectivity index (χ0) is 14.5. The van der Waals surface area contributed by atoms with Crippen LogP contribution in [0.15, 0.2) is 24.3 Å². The summed E-state index contributed by atoms with van der Waals surface area (Å²) in [6, 6.07) is 8.10. The van der Waals surface area contributed by atoms with E-state index >= 15 is 0 Å². The summed E-state index contributed by atoms with van der Waals surface area (Å²) in [5.74, 6) is -0.282. The fourth-order valence-corrected chi connectivity index (χ4v) is 2.29. The van der Waals surface area contributed by atoms with Gasteiger partial charge in [0.05, 0.1) is 17.7 Å². The number of carbonyl (C=O) groups is 1. The molecule has 0 saturated carbocycles. The Kier molecular flexibility index (Phi) is 4.56. The Hall–Kier alpha value is -2.10. The van der Waals surface area contributed by atoms with Crippen molar-refractivity contribution in [2.75, 3.05) is 19.7 Å². The number of likely N-dealkylation sites (tertiary alicyclic amines) is 1. The lowest BCUT2D eigenvalue weighted by atomic mass is 10.2. The molecular formula is C14H16N2O4. The lowest BCUT2D eigenvalue weighted by molar-refractivity contribution is -0.142. The normalized spacial score (nSPS) is 22.4. The largest absolute Gasteiger partial charge is 0.492 e. The highest BCUT2D eigenvalue weighted by Crippen LogP contribution is 2.18. The molecule has 1 aromatic carbocycles. The van der Waals surface area contributed by atoms with Gasteiger partial charge in [-0.15, -0.1) is 0 Å². The summed E-state index contributed by atoms with van der Waals surface area (Å²) < 4.78 is 5.51. The molecular weight excluding hydrogens is 260 g/mol. The first kappa shape index (κ1) is 14.3. The second kappa shape index (κ2) is 6.37. The smallest absolute Gasteiger partial charge is 0.321 e. The van der Waals surface area contributed by atoms with E-state index in [9.17, 15) is 9.90 Å². The van der Waals surface area contributed by atoms with Gasteiger partial charge in [-0.1, -0.05) is 0 Å². The summed E-state index contributed by atoms with van der Waals surface area (Å²) in [5.41, 5.74) is 0.561. The van der Waals surface area contributed by atoms with Gasteiger partial charge in [0.2, 0.25) is 0 Å². The maximum absolute atomic E-state index is 11.0. The first-order valence-electron chi connectivity index (χ1n) is 6.38. The SMILES string of the molecule is N#Cc1ccc(OCCN2CC(O)CC2C(=O)O)cc1. The van der Waals surface area contributed by atoms with Crippen molar-refractivity contribution in [3.8, 4) is 11.8 Å². The highest BCUT2D eigenvalue weighted by atomic mass is 16.5. The van der Waals surface area contributed by atoms with Crippen LogP contribution < -0.4 is 4.74 Å². The molecule has 1 saturated heterocycles. The minimum atomic E-state index is -0.917. The van der Waals surface area contributed by atoms with Crippen molar-refractivity contribution in [1.82, 2.24) is 4.90 Å². The fourth-order valence-electron chi connectivity index (χ4n) is 2.29. The Labute approximate surface area is 116 Å².